The average molecular weight is 751 g/mol. The maximum Gasteiger partial charge on any atom is 0.306 e. The van der Waals surface area contributed by atoms with Gasteiger partial charge in [-0.2, -0.15) is 0 Å². The van der Waals surface area contributed by atoms with Crippen LogP contribution in [0.25, 0.3) is 0 Å². The van der Waals surface area contributed by atoms with Gasteiger partial charge in [-0.15, -0.1) is 0 Å². The van der Waals surface area contributed by atoms with E-state index >= 15 is 0 Å². The van der Waals surface area contributed by atoms with Gasteiger partial charge < -0.3 is 14.2 Å². The highest BCUT2D eigenvalue weighted by atomic mass is 16.6. The number of ether oxygens (including phenoxy) is 3. The summed E-state index contributed by atoms with van der Waals surface area (Å²) in [6.07, 6.45) is 38.1. The van der Waals surface area contributed by atoms with Crippen LogP contribution in [0.4, 0.5) is 0 Å². The zero-order valence-corrected chi connectivity index (χ0v) is 36.1. The van der Waals surface area contributed by atoms with E-state index in [1.165, 1.54) is 141 Å². The lowest BCUT2D eigenvalue weighted by atomic mass is 9.99. The van der Waals surface area contributed by atoms with E-state index in [0.29, 0.717) is 19.3 Å². The van der Waals surface area contributed by atoms with E-state index in [1.807, 2.05) is 0 Å². The molecule has 0 aliphatic carbocycles. The third-order valence-corrected chi connectivity index (χ3v) is 10.8. The van der Waals surface area contributed by atoms with E-state index in [1.54, 1.807) is 0 Å². The molecule has 0 aliphatic heterocycles. The standard InChI is InChI=1S/C47H90O6/c1-6-8-9-10-20-27-32-37-45(48)51-40-44(53-47(50)39-34-29-24-19-18-22-26-31-36-43(5)7-2)41-52-46(49)38-33-28-23-17-15-13-11-12-14-16-21-25-30-35-42(3)4/h42-44H,6-41H2,1-5H3/t43?,44-/m0/s1. The Morgan fingerprint density at radius 1 is 0.396 bits per heavy atom. The highest BCUT2D eigenvalue weighted by Crippen LogP contribution is 2.17. The largest absolute Gasteiger partial charge is 0.462 e. The molecular weight excluding hydrogens is 661 g/mol. The van der Waals surface area contributed by atoms with Crippen molar-refractivity contribution in [3.63, 3.8) is 0 Å². The van der Waals surface area contributed by atoms with Crippen molar-refractivity contribution in [2.45, 2.75) is 259 Å². The summed E-state index contributed by atoms with van der Waals surface area (Å²) in [6, 6.07) is 0. The Kier molecular flexibility index (Phi) is 38.9. The smallest absolute Gasteiger partial charge is 0.306 e. The topological polar surface area (TPSA) is 78.9 Å². The lowest BCUT2D eigenvalue weighted by Crippen LogP contribution is -2.30. The molecule has 0 bridgehead atoms. The van der Waals surface area contributed by atoms with Crippen molar-refractivity contribution in [2.75, 3.05) is 13.2 Å². The summed E-state index contributed by atoms with van der Waals surface area (Å²) in [5, 5.41) is 0. The molecule has 6 heteroatoms. The third-order valence-electron chi connectivity index (χ3n) is 10.8. The Morgan fingerprint density at radius 3 is 1.08 bits per heavy atom. The zero-order valence-electron chi connectivity index (χ0n) is 36.1. The fourth-order valence-corrected chi connectivity index (χ4v) is 6.90. The molecule has 0 aromatic rings. The van der Waals surface area contributed by atoms with Crippen molar-refractivity contribution in [3.8, 4) is 0 Å². The Hall–Kier alpha value is -1.59. The van der Waals surface area contributed by atoms with Gasteiger partial charge in [0.05, 0.1) is 0 Å². The van der Waals surface area contributed by atoms with E-state index in [0.717, 1.165) is 69.6 Å². The Labute approximate surface area is 329 Å². The number of hydrogen-bond donors (Lipinski definition) is 0. The second-order valence-corrected chi connectivity index (χ2v) is 16.8. The van der Waals surface area contributed by atoms with Gasteiger partial charge in [0.25, 0.3) is 0 Å². The number of carbonyl (C=O) groups is 3. The average Bonchev–Trinajstić information content (AvgIpc) is 3.14. The lowest BCUT2D eigenvalue weighted by Gasteiger charge is -2.18. The van der Waals surface area contributed by atoms with Gasteiger partial charge in [0.1, 0.15) is 13.2 Å². The van der Waals surface area contributed by atoms with Crippen LogP contribution in [0.2, 0.25) is 0 Å². The quantitative estimate of drug-likeness (QED) is 0.0352. The molecule has 0 spiro atoms. The van der Waals surface area contributed by atoms with Crippen LogP contribution in [0.1, 0.15) is 253 Å². The number of hydrogen-bond acceptors (Lipinski definition) is 6. The maximum absolute atomic E-state index is 12.7. The Morgan fingerprint density at radius 2 is 0.717 bits per heavy atom. The molecule has 0 heterocycles. The van der Waals surface area contributed by atoms with Gasteiger partial charge in [-0.1, -0.05) is 214 Å². The molecule has 314 valence electrons. The van der Waals surface area contributed by atoms with Gasteiger partial charge in [-0.25, -0.2) is 0 Å². The fraction of sp³-hybridized carbons (Fsp3) is 0.936. The molecule has 0 radical (unpaired) electrons. The van der Waals surface area contributed by atoms with Crippen molar-refractivity contribution >= 4 is 17.9 Å². The normalized spacial score (nSPS) is 12.6. The number of esters is 3. The first-order valence-electron chi connectivity index (χ1n) is 23.3. The molecule has 2 atom stereocenters. The maximum atomic E-state index is 12.7. The van der Waals surface area contributed by atoms with Crippen molar-refractivity contribution < 1.29 is 28.6 Å². The first kappa shape index (κ1) is 51.4. The molecule has 0 aromatic heterocycles. The van der Waals surface area contributed by atoms with Gasteiger partial charge in [0, 0.05) is 19.3 Å². The molecule has 0 amide bonds. The van der Waals surface area contributed by atoms with Gasteiger partial charge >= 0.3 is 17.9 Å². The summed E-state index contributed by atoms with van der Waals surface area (Å²) in [5.74, 6) is 0.821. The van der Waals surface area contributed by atoms with E-state index < -0.39 is 6.10 Å². The van der Waals surface area contributed by atoms with Crippen LogP contribution >= 0.6 is 0 Å². The molecule has 0 N–H and O–H groups in total. The predicted octanol–water partition coefficient (Wildman–Crippen LogP) is 14.6. The second kappa shape index (κ2) is 40.1. The molecular formula is C47H90O6. The van der Waals surface area contributed by atoms with Gasteiger partial charge in [0.2, 0.25) is 0 Å². The van der Waals surface area contributed by atoms with Gasteiger partial charge in [-0.05, 0) is 31.1 Å². The van der Waals surface area contributed by atoms with E-state index in [2.05, 4.69) is 34.6 Å². The van der Waals surface area contributed by atoms with Crippen LogP contribution in [-0.4, -0.2) is 37.2 Å². The van der Waals surface area contributed by atoms with Gasteiger partial charge in [-0.3, -0.25) is 14.4 Å². The van der Waals surface area contributed by atoms with Crippen LogP contribution in [0.15, 0.2) is 0 Å². The van der Waals surface area contributed by atoms with Crippen molar-refractivity contribution in [3.05, 3.63) is 0 Å². The molecule has 6 nitrogen and oxygen atoms in total. The summed E-state index contributed by atoms with van der Waals surface area (Å²) in [6.45, 7) is 11.3. The van der Waals surface area contributed by atoms with Crippen LogP contribution < -0.4 is 0 Å². The summed E-state index contributed by atoms with van der Waals surface area (Å²) < 4.78 is 16.7. The summed E-state index contributed by atoms with van der Waals surface area (Å²) in [4.78, 5) is 37.6. The minimum atomic E-state index is -0.759. The first-order chi connectivity index (χ1) is 25.8. The molecule has 0 aliphatic rings. The van der Waals surface area contributed by atoms with Crippen LogP contribution in [0.3, 0.4) is 0 Å². The summed E-state index contributed by atoms with van der Waals surface area (Å²) in [7, 11) is 0. The van der Waals surface area contributed by atoms with E-state index in [4.69, 9.17) is 14.2 Å². The fourth-order valence-electron chi connectivity index (χ4n) is 6.90. The molecule has 53 heavy (non-hydrogen) atoms. The molecule has 0 aromatic carbocycles. The van der Waals surface area contributed by atoms with Crippen LogP contribution in [0.5, 0.6) is 0 Å². The summed E-state index contributed by atoms with van der Waals surface area (Å²) >= 11 is 0. The number of carbonyl (C=O) groups excluding carboxylic acids is 3. The zero-order chi connectivity index (χ0) is 39.0. The minimum Gasteiger partial charge on any atom is -0.462 e. The molecule has 0 saturated heterocycles. The van der Waals surface area contributed by atoms with Crippen molar-refractivity contribution in [1.82, 2.24) is 0 Å². The summed E-state index contributed by atoms with van der Waals surface area (Å²) in [5.41, 5.74) is 0. The molecule has 0 rings (SSSR count). The van der Waals surface area contributed by atoms with Crippen molar-refractivity contribution in [2.24, 2.45) is 11.8 Å². The molecule has 0 fully saturated rings. The highest BCUT2D eigenvalue weighted by Gasteiger charge is 2.19. The number of unbranched alkanes of at least 4 members (excludes halogenated alkanes) is 25. The van der Waals surface area contributed by atoms with Crippen LogP contribution in [-0.2, 0) is 28.6 Å². The number of rotatable bonds is 41. The lowest BCUT2D eigenvalue weighted by molar-refractivity contribution is -0.167. The third kappa shape index (κ3) is 39.9. The van der Waals surface area contributed by atoms with E-state index in [-0.39, 0.29) is 31.1 Å². The minimum absolute atomic E-state index is 0.0652. The second-order valence-electron chi connectivity index (χ2n) is 16.8. The van der Waals surface area contributed by atoms with Crippen LogP contribution in [0, 0.1) is 11.8 Å². The Bertz CT molecular complexity index is 811. The van der Waals surface area contributed by atoms with E-state index in [9.17, 15) is 14.4 Å². The predicted molar refractivity (Wildman–Crippen MR) is 224 cm³/mol. The van der Waals surface area contributed by atoms with Crippen molar-refractivity contribution in [1.29, 1.82) is 0 Å². The molecule has 1 unspecified atom stereocenters. The Balaban J connectivity index is 4.25. The monoisotopic (exact) mass is 751 g/mol. The first-order valence-corrected chi connectivity index (χ1v) is 23.3. The highest BCUT2D eigenvalue weighted by molar-refractivity contribution is 5.71. The SMILES string of the molecule is CCCCCCCCCC(=O)OC[C@@H](COC(=O)CCCCCCCCCCCCCCCC(C)C)OC(=O)CCCCCCCCCCC(C)CC. The molecule has 0 saturated carbocycles. The van der Waals surface area contributed by atoms with Gasteiger partial charge in [0.15, 0.2) is 6.10 Å².